The molecule has 2 aromatic heterocycles. The number of thiophene rings is 1. The zero-order valence-corrected chi connectivity index (χ0v) is 11.1. The number of hydrogen-bond acceptors (Lipinski definition) is 4. The molecule has 0 amide bonds. The molecule has 0 atom stereocenters. The Bertz CT molecular complexity index is 565. The number of halogens is 1. The average molecular weight is 267 g/mol. The fraction of sp³-hybridized carbons (Fsp3) is 0.250. The molecular formula is C12H11ClN2OS. The van der Waals surface area contributed by atoms with Gasteiger partial charge in [-0.25, -0.2) is 9.97 Å². The van der Waals surface area contributed by atoms with Gasteiger partial charge in [0.1, 0.15) is 11.6 Å². The van der Waals surface area contributed by atoms with Gasteiger partial charge in [0.05, 0.1) is 21.3 Å². The van der Waals surface area contributed by atoms with E-state index in [1.165, 1.54) is 18.3 Å². The third-order valence-corrected chi connectivity index (χ3v) is 3.39. The summed E-state index contributed by atoms with van der Waals surface area (Å²) in [5.74, 6) is 0.628. The highest BCUT2D eigenvalue weighted by atomic mass is 35.5. The molecule has 88 valence electrons. The number of aromatic nitrogens is 2. The van der Waals surface area contributed by atoms with Gasteiger partial charge in [-0.2, -0.15) is 0 Å². The van der Waals surface area contributed by atoms with Crippen LogP contribution in [0.4, 0.5) is 0 Å². The average Bonchev–Trinajstić information content (AvgIpc) is 2.62. The molecule has 3 nitrogen and oxygen atoms in total. The van der Waals surface area contributed by atoms with Crippen molar-refractivity contribution in [1.29, 1.82) is 0 Å². The fourth-order valence-corrected chi connectivity index (χ4v) is 2.51. The zero-order valence-electron chi connectivity index (χ0n) is 9.53. The lowest BCUT2D eigenvalue weighted by molar-refractivity contribution is -0.116. The van der Waals surface area contributed by atoms with Gasteiger partial charge >= 0.3 is 0 Å². The van der Waals surface area contributed by atoms with Crippen molar-refractivity contribution in [3.8, 4) is 10.6 Å². The largest absolute Gasteiger partial charge is 0.300 e. The normalized spacial score (nSPS) is 10.5. The monoisotopic (exact) mass is 266 g/mol. The molecule has 0 fully saturated rings. The Kier molecular flexibility index (Phi) is 3.54. The molecule has 0 saturated carbocycles. The summed E-state index contributed by atoms with van der Waals surface area (Å²) in [6.45, 7) is 3.43. The molecule has 2 aromatic rings. The molecule has 2 rings (SSSR count). The number of carbonyl (C=O) groups excluding carboxylic acids is 1. The number of Topliss-reactive ketones (excluding diaryl/α,β-unsaturated/α-hetero) is 1. The Balaban J connectivity index is 2.41. The molecule has 0 aliphatic rings. The predicted octanol–water partition coefficient (Wildman–Crippen LogP) is 3.30. The molecule has 0 saturated heterocycles. The third-order valence-electron chi connectivity index (χ3n) is 2.13. The second kappa shape index (κ2) is 4.94. The molecule has 0 spiro atoms. The van der Waals surface area contributed by atoms with E-state index in [9.17, 15) is 4.79 Å². The fourth-order valence-electron chi connectivity index (χ4n) is 1.51. The Labute approximate surface area is 108 Å². The number of carbonyl (C=O) groups is 1. The van der Waals surface area contributed by atoms with Crippen molar-refractivity contribution in [2.45, 2.75) is 20.3 Å². The molecule has 2 heterocycles. The van der Waals surface area contributed by atoms with E-state index in [0.717, 1.165) is 20.6 Å². The van der Waals surface area contributed by atoms with Crippen LogP contribution in [0.25, 0.3) is 10.6 Å². The van der Waals surface area contributed by atoms with Gasteiger partial charge in [-0.15, -0.1) is 11.3 Å². The van der Waals surface area contributed by atoms with Crippen molar-refractivity contribution in [1.82, 2.24) is 9.97 Å². The first-order valence-corrected chi connectivity index (χ1v) is 6.34. The molecule has 0 aliphatic carbocycles. The topological polar surface area (TPSA) is 42.9 Å². The molecular weight excluding hydrogens is 256 g/mol. The minimum absolute atomic E-state index is 0.0609. The van der Waals surface area contributed by atoms with E-state index in [0.29, 0.717) is 5.82 Å². The maximum absolute atomic E-state index is 11.1. The molecule has 0 radical (unpaired) electrons. The molecule has 0 bridgehead atoms. The number of ketones is 1. The lowest BCUT2D eigenvalue weighted by Crippen LogP contribution is -2.04. The second-order valence-corrected chi connectivity index (χ2v) is 5.51. The van der Waals surface area contributed by atoms with E-state index in [4.69, 9.17) is 11.6 Å². The molecule has 0 aliphatic heterocycles. The number of aryl methyl sites for hydroxylation is 1. The highest BCUT2D eigenvalue weighted by Crippen LogP contribution is 2.29. The standard InChI is InChI=1S/C12H11ClN2OS/c1-7-5-9(10-3-4-11(13)17-10)15-12(14-7)6-8(2)16/h3-5H,6H2,1-2H3. The highest BCUT2D eigenvalue weighted by molar-refractivity contribution is 7.19. The van der Waals surface area contributed by atoms with Gasteiger partial charge in [-0.05, 0) is 32.0 Å². The minimum Gasteiger partial charge on any atom is -0.300 e. The van der Waals surface area contributed by atoms with E-state index >= 15 is 0 Å². The molecule has 0 N–H and O–H groups in total. The zero-order chi connectivity index (χ0) is 12.4. The van der Waals surface area contributed by atoms with E-state index in [1.807, 2.05) is 25.1 Å². The first-order valence-electron chi connectivity index (χ1n) is 5.14. The van der Waals surface area contributed by atoms with E-state index in [2.05, 4.69) is 9.97 Å². The van der Waals surface area contributed by atoms with Crippen LogP contribution in [0.3, 0.4) is 0 Å². The van der Waals surface area contributed by atoms with Gasteiger partial charge < -0.3 is 0 Å². The Hall–Kier alpha value is -1.26. The van der Waals surface area contributed by atoms with Gasteiger partial charge in [0.15, 0.2) is 0 Å². The molecule has 5 heteroatoms. The summed E-state index contributed by atoms with van der Waals surface area (Å²) >= 11 is 7.36. The maximum atomic E-state index is 11.1. The number of rotatable bonds is 3. The van der Waals surface area contributed by atoms with Crippen LogP contribution >= 0.6 is 22.9 Å². The quantitative estimate of drug-likeness (QED) is 0.856. The SMILES string of the molecule is CC(=O)Cc1nc(C)cc(-c2ccc(Cl)s2)n1. The maximum Gasteiger partial charge on any atom is 0.137 e. The van der Waals surface area contributed by atoms with Gasteiger partial charge in [0.2, 0.25) is 0 Å². The summed E-state index contributed by atoms with van der Waals surface area (Å²) in [7, 11) is 0. The van der Waals surface area contributed by atoms with Crippen LogP contribution in [0.15, 0.2) is 18.2 Å². The predicted molar refractivity (Wildman–Crippen MR) is 69.5 cm³/mol. The van der Waals surface area contributed by atoms with Crippen molar-refractivity contribution >= 4 is 28.7 Å². The van der Waals surface area contributed by atoms with Gasteiger partial charge in [0, 0.05) is 5.69 Å². The minimum atomic E-state index is 0.0609. The summed E-state index contributed by atoms with van der Waals surface area (Å²) in [5.41, 5.74) is 1.68. The first kappa shape index (κ1) is 12.2. The van der Waals surface area contributed by atoms with Crippen molar-refractivity contribution in [3.63, 3.8) is 0 Å². The summed E-state index contributed by atoms with van der Waals surface area (Å²) in [4.78, 5) is 20.7. The summed E-state index contributed by atoms with van der Waals surface area (Å²) in [6.07, 6.45) is 0.272. The van der Waals surface area contributed by atoms with Crippen LogP contribution in [-0.2, 0) is 11.2 Å². The second-order valence-electron chi connectivity index (χ2n) is 3.79. The van der Waals surface area contributed by atoms with Crippen LogP contribution in [-0.4, -0.2) is 15.8 Å². The summed E-state index contributed by atoms with van der Waals surface area (Å²) < 4.78 is 0.726. The van der Waals surface area contributed by atoms with E-state index in [1.54, 1.807) is 0 Å². The van der Waals surface area contributed by atoms with Crippen molar-refractivity contribution in [2.24, 2.45) is 0 Å². The van der Waals surface area contributed by atoms with Crippen LogP contribution in [0.2, 0.25) is 4.34 Å². The number of hydrogen-bond donors (Lipinski definition) is 0. The molecule has 0 unspecified atom stereocenters. The van der Waals surface area contributed by atoms with Gasteiger partial charge in [-0.3, -0.25) is 4.79 Å². The highest BCUT2D eigenvalue weighted by Gasteiger charge is 2.08. The van der Waals surface area contributed by atoms with Crippen LogP contribution < -0.4 is 0 Å². The summed E-state index contributed by atoms with van der Waals surface area (Å²) in [5, 5.41) is 0. The Morgan fingerprint density at radius 1 is 1.41 bits per heavy atom. The van der Waals surface area contributed by atoms with E-state index in [-0.39, 0.29) is 12.2 Å². The van der Waals surface area contributed by atoms with Crippen molar-refractivity contribution < 1.29 is 4.79 Å². The van der Waals surface area contributed by atoms with E-state index < -0.39 is 0 Å². The third kappa shape index (κ3) is 3.11. The Morgan fingerprint density at radius 2 is 2.18 bits per heavy atom. The molecule has 0 aromatic carbocycles. The van der Waals surface area contributed by atoms with Gasteiger partial charge in [-0.1, -0.05) is 11.6 Å². The Morgan fingerprint density at radius 3 is 2.76 bits per heavy atom. The summed E-state index contributed by atoms with van der Waals surface area (Å²) in [6, 6.07) is 5.65. The van der Waals surface area contributed by atoms with Crippen LogP contribution in [0.1, 0.15) is 18.4 Å². The van der Waals surface area contributed by atoms with Crippen LogP contribution in [0, 0.1) is 6.92 Å². The lowest BCUT2D eigenvalue weighted by atomic mass is 10.2. The first-order chi connectivity index (χ1) is 8.04. The van der Waals surface area contributed by atoms with Gasteiger partial charge in [0.25, 0.3) is 0 Å². The van der Waals surface area contributed by atoms with Crippen LogP contribution in [0.5, 0.6) is 0 Å². The smallest absolute Gasteiger partial charge is 0.137 e. The molecule has 17 heavy (non-hydrogen) atoms. The lowest BCUT2D eigenvalue weighted by Gasteiger charge is -2.02. The number of nitrogens with zero attached hydrogens (tertiary/aromatic N) is 2. The van der Waals surface area contributed by atoms with Crippen molar-refractivity contribution in [2.75, 3.05) is 0 Å². The van der Waals surface area contributed by atoms with Crippen molar-refractivity contribution in [3.05, 3.63) is 34.1 Å².